The van der Waals surface area contributed by atoms with E-state index in [9.17, 15) is 22.8 Å². The lowest BCUT2D eigenvalue weighted by molar-refractivity contribution is -0.241. The van der Waals surface area contributed by atoms with E-state index in [2.05, 4.69) is 17.2 Å². The summed E-state index contributed by atoms with van der Waals surface area (Å²) in [6.07, 6.45) is -5.04. The van der Waals surface area contributed by atoms with Crippen molar-refractivity contribution in [2.45, 2.75) is 50.7 Å². The van der Waals surface area contributed by atoms with Gasteiger partial charge in [-0.25, -0.2) is 14.5 Å². The molecule has 2 atom stereocenters. The number of hydrogen-bond acceptors (Lipinski definition) is 5. The number of hydrogen-bond donors (Lipinski definition) is 1. The summed E-state index contributed by atoms with van der Waals surface area (Å²) in [6, 6.07) is 11.7. The summed E-state index contributed by atoms with van der Waals surface area (Å²) in [5, 5.41) is 2.94. The van der Waals surface area contributed by atoms with Crippen molar-refractivity contribution >= 4 is 29.4 Å². The molecular formula is C26H24ClF3N2O4. The summed E-state index contributed by atoms with van der Waals surface area (Å²) < 4.78 is 54.2. The fourth-order valence-electron chi connectivity index (χ4n) is 3.69. The van der Waals surface area contributed by atoms with E-state index >= 15 is 0 Å². The predicted molar refractivity (Wildman–Crippen MR) is 127 cm³/mol. The molecule has 1 N–H and O–H groups in total. The first-order valence-electron chi connectivity index (χ1n) is 11.6. The number of carbonyl (C=O) groups excluding carboxylic acids is 2. The highest BCUT2D eigenvalue weighted by Gasteiger charge is 2.64. The third-order valence-corrected chi connectivity index (χ3v) is 6.01. The number of carbonyl (C=O) groups is 2. The van der Waals surface area contributed by atoms with Crippen molar-refractivity contribution in [1.82, 2.24) is 5.32 Å². The number of halogens is 4. The quantitative estimate of drug-likeness (QED) is 0.210. The third-order valence-electron chi connectivity index (χ3n) is 5.78. The molecule has 2 aromatic rings. The molecule has 1 amide bonds. The normalized spacial score (nSPS) is 20.0. The minimum atomic E-state index is -5.05. The number of alkyl halides is 3. The standard InChI is InChI=1S/C26H24ClF3N2O4/c1-2-3-15-31-23(35-22(33)18-7-5-4-6-8-18)32-21-12-11-19(27)16-20(21)25(26(28,29)30,36-24(32)34)14-13-17-9-10-17/h4-8,11-12,16-17,23,31H,2-3,9-10,15H2,1H3. The number of esters is 1. The van der Waals surface area contributed by atoms with Crippen LogP contribution in [-0.4, -0.2) is 31.1 Å². The molecule has 4 rings (SSSR count). The zero-order chi connectivity index (χ0) is 25.9. The first-order chi connectivity index (χ1) is 17.2. The molecule has 2 unspecified atom stereocenters. The second-order valence-corrected chi connectivity index (χ2v) is 8.99. The molecule has 2 aromatic carbocycles. The van der Waals surface area contributed by atoms with Crippen LogP contribution >= 0.6 is 11.6 Å². The number of ether oxygens (including phenoxy) is 2. The van der Waals surface area contributed by atoms with Crippen LogP contribution in [0.25, 0.3) is 0 Å². The first-order valence-corrected chi connectivity index (χ1v) is 11.9. The number of nitrogens with one attached hydrogen (secondary N) is 1. The molecule has 1 aliphatic carbocycles. The minimum Gasteiger partial charge on any atom is -0.424 e. The number of rotatable bonds is 7. The molecule has 6 nitrogen and oxygen atoms in total. The summed E-state index contributed by atoms with van der Waals surface area (Å²) in [7, 11) is 0. The van der Waals surface area contributed by atoms with Gasteiger partial charge in [-0.05, 0) is 55.5 Å². The van der Waals surface area contributed by atoms with E-state index in [4.69, 9.17) is 21.1 Å². The second kappa shape index (κ2) is 10.4. The van der Waals surface area contributed by atoms with Gasteiger partial charge in [0.1, 0.15) is 0 Å². The molecule has 0 saturated heterocycles. The van der Waals surface area contributed by atoms with E-state index in [0.717, 1.165) is 17.4 Å². The van der Waals surface area contributed by atoms with Crippen LogP contribution in [-0.2, 0) is 15.1 Å². The van der Waals surface area contributed by atoms with Crippen molar-refractivity contribution in [3.05, 3.63) is 64.7 Å². The van der Waals surface area contributed by atoms with Crippen molar-refractivity contribution < 1.29 is 32.2 Å². The van der Waals surface area contributed by atoms with Crippen LogP contribution in [0.5, 0.6) is 0 Å². The van der Waals surface area contributed by atoms with E-state index in [-0.39, 0.29) is 22.2 Å². The fraction of sp³-hybridized carbons (Fsp3) is 0.385. The second-order valence-electron chi connectivity index (χ2n) is 8.55. The van der Waals surface area contributed by atoms with Gasteiger partial charge in [-0.2, -0.15) is 13.2 Å². The number of benzene rings is 2. The lowest BCUT2D eigenvalue weighted by Crippen LogP contribution is -2.59. The Balaban J connectivity index is 1.79. The van der Waals surface area contributed by atoms with Gasteiger partial charge in [-0.3, -0.25) is 5.32 Å². The van der Waals surface area contributed by atoms with Crippen LogP contribution in [0.3, 0.4) is 0 Å². The Morgan fingerprint density at radius 2 is 2.00 bits per heavy atom. The van der Waals surface area contributed by atoms with Crippen molar-refractivity contribution in [3.63, 3.8) is 0 Å². The third kappa shape index (κ3) is 5.30. The predicted octanol–water partition coefficient (Wildman–Crippen LogP) is 6.00. The number of nitrogens with zero attached hydrogens (tertiary/aromatic N) is 1. The summed E-state index contributed by atoms with van der Waals surface area (Å²) >= 11 is 6.08. The molecule has 0 aromatic heterocycles. The average Bonchev–Trinajstić information content (AvgIpc) is 3.67. The Bertz CT molecular complexity index is 1190. The van der Waals surface area contributed by atoms with E-state index < -0.39 is 35.8 Å². The van der Waals surface area contributed by atoms with E-state index in [1.54, 1.807) is 18.2 Å². The van der Waals surface area contributed by atoms with Crippen LogP contribution in [0, 0.1) is 17.8 Å². The summed E-state index contributed by atoms with van der Waals surface area (Å²) in [6.45, 7) is 2.26. The highest BCUT2D eigenvalue weighted by Crippen LogP contribution is 2.50. The maximum atomic E-state index is 14.5. The zero-order valence-electron chi connectivity index (χ0n) is 19.4. The molecule has 36 heavy (non-hydrogen) atoms. The SMILES string of the molecule is CCCCNC(OC(=O)c1ccccc1)N1C(=O)OC(C#CC2CC2)(C(F)(F)F)c2cc(Cl)ccc21. The molecule has 0 radical (unpaired) electrons. The Labute approximate surface area is 211 Å². The minimum absolute atomic E-state index is 0.00488. The van der Waals surface area contributed by atoms with E-state index in [1.807, 2.05) is 6.92 Å². The van der Waals surface area contributed by atoms with Crippen LogP contribution < -0.4 is 10.2 Å². The number of cyclic esters (lactones) is 1. The maximum Gasteiger partial charge on any atom is 0.445 e. The van der Waals surface area contributed by atoms with Crippen molar-refractivity contribution in [2.75, 3.05) is 11.4 Å². The van der Waals surface area contributed by atoms with Crippen molar-refractivity contribution in [1.29, 1.82) is 0 Å². The van der Waals surface area contributed by atoms with Gasteiger partial charge in [-0.1, -0.05) is 49.1 Å². The van der Waals surface area contributed by atoms with Crippen LogP contribution in [0.2, 0.25) is 5.02 Å². The molecule has 1 aliphatic heterocycles. The molecule has 190 valence electrons. The molecule has 1 heterocycles. The monoisotopic (exact) mass is 520 g/mol. The Morgan fingerprint density at radius 3 is 2.64 bits per heavy atom. The number of anilines is 1. The van der Waals surface area contributed by atoms with Gasteiger partial charge in [0.05, 0.1) is 11.3 Å². The van der Waals surface area contributed by atoms with E-state index in [1.165, 1.54) is 24.3 Å². The highest BCUT2D eigenvalue weighted by atomic mass is 35.5. The van der Waals surface area contributed by atoms with Gasteiger partial charge in [-0.15, -0.1) is 0 Å². The first kappa shape index (κ1) is 25.9. The Kier molecular flexibility index (Phi) is 7.48. The maximum absolute atomic E-state index is 14.5. The molecule has 1 saturated carbocycles. The largest absolute Gasteiger partial charge is 0.445 e. The Hall–Kier alpha value is -3.22. The molecule has 2 aliphatic rings. The van der Waals surface area contributed by atoms with Gasteiger partial charge in [0.25, 0.3) is 5.60 Å². The summed E-state index contributed by atoms with van der Waals surface area (Å²) in [5.41, 5.74) is -3.62. The van der Waals surface area contributed by atoms with Gasteiger partial charge in [0.15, 0.2) is 0 Å². The molecule has 1 fully saturated rings. The van der Waals surface area contributed by atoms with Crippen LogP contribution in [0.1, 0.15) is 48.5 Å². The van der Waals surface area contributed by atoms with Gasteiger partial charge < -0.3 is 9.47 Å². The number of amides is 1. The highest BCUT2D eigenvalue weighted by molar-refractivity contribution is 6.30. The van der Waals surface area contributed by atoms with E-state index in [0.29, 0.717) is 25.8 Å². The topological polar surface area (TPSA) is 67.9 Å². The van der Waals surface area contributed by atoms with Crippen molar-refractivity contribution in [3.8, 4) is 11.8 Å². The smallest absolute Gasteiger partial charge is 0.424 e. The number of fused-ring (bicyclic) bond motifs is 1. The average molecular weight is 521 g/mol. The summed E-state index contributed by atoms with van der Waals surface area (Å²) in [5.74, 6) is 3.83. The van der Waals surface area contributed by atoms with Crippen LogP contribution in [0.4, 0.5) is 23.7 Å². The fourth-order valence-corrected chi connectivity index (χ4v) is 3.87. The van der Waals surface area contributed by atoms with Crippen molar-refractivity contribution in [2.24, 2.45) is 5.92 Å². The zero-order valence-corrected chi connectivity index (χ0v) is 20.2. The molecule has 0 spiro atoms. The summed E-state index contributed by atoms with van der Waals surface area (Å²) in [4.78, 5) is 26.9. The lowest BCUT2D eigenvalue weighted by Gasteiger charge is -2.42. The van der Waals surface area contributed by atoms with Gasteiger partial charge in [0.2, 0.25) is 6.35 Å². The van der Waals surface area contributed by atoms with Gasteiger partial charge in [0, 0.05) is 23.0 Å². The number of unbranched alkanes of at least 4 members (excludes halogenated alkanes) is 1. The molecule has 0 bridgehead atoms. The molecular weight excluding hydrogens is 497 g/mol. The van der Waals surface area contributed by atoms with Gasteiger partial charge >= 0.3 is 18.2 Å². The Morgan fingerprint density at radius 1 is 1.28 bits per heavy atom. The molecule has 10 heteroatoms. The van der Waals surface area contributed by atoms with Crippen LogP contribution in [0.15, 0.2) is 48.5 Å². The lowest BCUT2D eigenvalue weighted by atomic mass is 9.89.